The summed E-state index contributed by atoms with van der Waals surface area (Å²) in [7, 11) is 1.58. The minimum Gasteiger partial charge on any atom is -0.497 e. The summed E-state index contributed by atoms with van der Waals surface area (Å²) in [6.07, 6.45) is 0. The fourth-order valence-electron chi connectivity index (χ4n) is 2.63. The maximum Gasteiger partial charge on any atom is 0.316 e. The van der Waals surface area contributed by atoms with Crippen LogP contribution in [0.15, 0.2) is 47.0 Å². The van der Waals surface area contributed by atoms with Gasteiger partial charge in [-0.05, 0) is 61.4 Å². The molecule has 162 valence electrons. The van der Waals surface area contributed by atoms with E-state index in [1.807, 2.05) is 32.0 Å². The lowest BCUT2D eigenvalue weighted by molar-refractivity contribution is -0.123. The van der Waals surface area contributed by atoms with Crippen molar-refractivity contribution in [2.24, 2.45) is 0 Å². The van der Waals surface area contributed by atoms with Gasteiger partial charge in [0.2, 0.25) is 5.82 Å². The van der Waals surface area contributed by atoms with E-state index in [1.54, 1.807) is 31.4 Å². The third kappa shape index (κ3) is 6.05. The Morgan fingerprint density at radius 1 is 0.968 bits per heavy atom. The molecule has 2 amide bonds. The monoisotopic (exact) mass is 424 g/mol. The van der Waals surface area contributed by atoms with Gasteiger partial charge in [-0.15, -0.1) is 0 Å². The van der Waals surface area contributed by atoms with Gasteiger partial charge in [0.15, 0.2) is 6.61 Å². The highest BCUT2D eigenvalue weighted by Gasteiger charge is 2.16. The van der Waals surface area contributed by atoms with Gasteiger partial charge in [-0.25, -0.2) is 0 Å². The second kappa shape index (κ2) is 10.2. The van der Waals surface area contributed by atoms with Gasteiger partial charge < -0.3 is 24.6 Å². The number of aryl methyl sites for hydroxylation is 2. The van der Waals surface area contributed by atoms with Gasteiger partial charge in [-0.3, -0.25) is 9.59 Å². The molecular weight excluding hydrogens is 400 g/mol. The van der Waals surface area contributed by atoms with Crippen LogP contribution in [0.25, 0.3) is 11.4 Å². The maximum absolute atomic E-state index is 12.1. The molecule has 31 heavy (non-hydrogen) atoms. The standard InChI is InChI=1S/C22H24N4O5/c1-14-4-7-18(12-15(14)2)30-13-19(27)23-10-11-24-21(28)22-25-20(26-31-22)16-5-8-17(29-3)9-6-16/h4-9,12H,10-11,13H2,1-3H3,(H,23,27)(H,24,28). The minimum absolute atomic E-state index is 0.106. The van der Waals surface area contributed by atoms with Gasteiger partial charge in [0.1, 0.15) is 11.5 Å². The molecule has 1 heterocycles. The Kier molecular flexibility index (Phi) is 7.21. The Bertz CT molecular complexity index is 1050. The van der Waals surface area contributed by atoms with Gasteiger partial charge in [0, 0.05) is 18.7 Å². The molecule has 0 saturated heterocycles. The van der Waals surface area contributed by atoms with Crippen LogP contribution in [-0.4, -0.2) is 48.8 Å². The van der Waals surface area contributed by atoms with Crippen molar-refractivity contribution in [1.29, 1.82) is 0 Å². The molecule has 0 aliphatic rings. The van der Waals surface area contributed by atoms with Crippen molar-refractivity contribution < 1.29 is 23.6 Å². The first-order chi connectivity index (χ1) is 15.0. The summed E-state index contributed by atoms with van der Waals surface area (Å²) in [5, 5.41) is 9.09. The summed E-state index contributed by atoms with van der Waals surface area (Å²) >= 11 is 0. The molecular formula is C22H24N4O5. The number of hydrogen-bond donors (Lipinski definition) is 2. The zero-order valence-electron chi connectivity index (χ0n) is 17.6. The van der Waals surface area contributed by atoms with Crippen molar-refractivity contribution in [1.82, 2.24) is 20.8 Å². The van der Waals surface area contributed by atoms with E-state index in [0.717, 1.165) is 11.1 Å². The Balaban J connectivity index is 1.39. The largest absolute Gasteiger partial charge is 0.497 e. The van der Waals surface area contributed by atoms with E-state index >= 15 is 0 Å². The van der Waals surface area contributed by atoms with E-state index in [0.29, 0.717) is 22.9 Å². The first-order valence-corrected chi connectivity index (χ1v) is 9.69. The molecule has 0 saturated carbocycles. The molecule has 0 aliphatic carbocycles. The van der Waals surface area contributed by atoms with Crippen LogP contribution in [0, 0.1) is 13.8 Å². The van der Waals surface area contributed by atoms with E-state index < -0.39 is 5.91 Å². The number of aromatic nitrogens is 2. The quantitative estimate of drug-likeness (QED) is 0.506. The number of carbonyl (C=O) groups is 2. The summed E-state index contributed by atoms with van der Waals surface area (Å²) in [5.41, 5.74) is 2.95. The SMILES string of the molecule is COc1ccc(-c2noc(C(=O)NCCNC(=O)COc3ccc(C)c(C)c3)n2)cc1. The molecule has 2 N–H and O–H groups in total. The topological polar surface area (TPSA) is 116 Å². The lowest BCUT2D eigenvalue weighted by Crippen LogP contribution is -2.36. The number of nitrogens with one attached hydrogen (secondary N) is 2. The first-order valence-electron chi connectivity index (χ1n) is 9.69. The number of amides is 2. The molecule has 0 fully saturated rings. The van der Waals surface area contributed by atoms with Crippen molar-refractivity contribution in [2.45, 2.75) is 13.8 Å². The number of ether oxygens (including phenoxy) is 2. The van der Waals surface area contributed by atoms with E-state index in [4.69, 9.17) is 14.0 Å². The van der Waals surface area contributed by atoms with Crippen LogP contribution >= 0.6 is 0 Å². The number of methoxy groups -OCH3 is 1. The lowest BCUT2D eigenvalue weighted by Gasteiger charge is -2.09. The number of hydrogen-bond acceptors (Lipinski definition) is 7. The highest BCUT2D eigenvalue weighted by atomic mass is 16.5. The van der Waals surface area contributed by atoms with Crippen LogP contribution in [0.2, 0.25) is 0 Å². The van der Waals surface area contributed by atoms with Crippen LogP contribution < -0.4 is 20.1 Å². The summed E-state index contributed by atoms with van der Waals surface area (Å²) in [6, 6.07) is 12.7. The lowest BCUT2D eigenvalue weighted by atomic mass is 10.1. The molecule has 0 spiro atoms. The number of rotatable bonds is 9. The first kappa shape index (κ1) is 21.8. The summed E-state index contributed by atoms with van der Waals surface area (Å²) in [6.45, 7) is 4.32. The number of nitrogens with zero attached hydrogens (tertiary/aromatic N) is 2. The Hall–Kier alpha value is -3.88. The molecule has 0 unspecified atom stereocenters. The van der Waals surface area contributed by atoms with Crippen LogP contribution in [0.3, 0.4) is 0 Å². The smallest absolute Gasteiger partial charge is 0.316 e. The second-order valence-corrected chi connectivity index (χ2v) is 6.79. The van der Waals surface area contributed by atoms with Crippen molar-refractivity contribution in [3.05, 3.63) is 59.5 Å². The van der Waals surface area contributed by atoms with Crippen LogP contribution in [0.1, 0.15) is 21.8 Å². The van der Waals surface area contributed by atoms with Crippen LogP contribution in [0.4, 0.5) is 0 Å². The third-order valence-electron chi connectivity index (χ3n) is 4.55. The van der Waals surface area contributed by atoms with Crippen molar-refractivity contribution in [3.8, 4) is 22.9 Å². The predicted molar refractivity (Wildman–Crippen MR) is 113 cm³/mol. The molecule has 1 aromatic heterocycles. The van der Waals surface area contributed by atoms with E-state index in [9.17, 15) is 9.59 Å². The van der Waals surface area contributed by atoms with Crippen LogP contribution in [-0.2, 0) is 4.79 Å². The van der Waals surface area contributed by atoms with Crippen LogP contribution in [0.5, 0.6) is 11.5 Å². The zero-order chi connectivity index (χ0) is 22.2. The maximum atomic E-state index is 12.1. The Morgan fingerprint density at radius 2 is 1.68 bits per heavy atom. The summed E-state index contributed by atoms with van der Waals surface area (Å²) in [5.74, 6) is 0.669. The number of carbonyl (C=O) groups excluding carboxylic acids is 2. The van der Waals surface area contributed by atoms with Crippen molar-refractivity contribution in [3.63, 3.8) is 0 Å². The Morgan fingerprint density at radius 3 is 2.39 bits per heavy atom. The van der Waals surface area contributed by atoms with Gasteiger partial charge in [-0.2, -0.15) is 4.98 Å². The second-order valence-electron chi connectivity index (χ2n) is 6.79. The molecule has 0 aliphatic heterocycles. The average Bonchev–Trinajstić information content (AvgIpc) is 3.28. The summed E-state index contributed by atoms with van der Waals surface area (Å²) < 4.78 is 15.6. The zero-order valence-corrected chi connectivity index (χ0v) is 17.6. The van der Waals surface area contributed by atoms with E-state index in [1.165, 1.54) is 0 Å². The molecule has 9 nitrogen and oxygen atoms in total. The Labute approximate surface area is 179 Å². The molecule has 3 aromatic rings. The molecule has 0 radical (unpaired) electrons. The van der Waals surface area contributed by atoms with Crippen molar-refractivity contribution in [2.75, 3.05) is 26.8 Å². The summed E-state index contributed by atoms with van der Waals surface area (Å²) in [4.78, 5) is 28.1. The van der Waals surface area contributed by atoms with E-state index in [2.05, 4.69) is 20.8 Å². The highest BCUT2D eigenvalue weighted by Crippen LogP contribution is 2.19. The van der Waals surface area contributed by atoms with Gasteiger partial charge in [0.25, 0.3) is 5.91 Å². The molecule has 0 bridgehead atoms. The van der Waals surface area contributed by atoms with E-state index in [-0.39, 0.29) is 31.5 Å². The normalized spacial score (nSPS) is 10.4. The van der Waals surface area contributed by atoms with Gasteiger partial charge in [0.05, 0.1) is 7.11 Å². The third-order valence-corrected chi connectivity index (χ3v) is 4.55. The number of benzene rings is 2. The predicted octanol–water partition coefficient (Wildman–Crippen LogP) is 2.29. The average molecular weight is 424 g/mol. The van der Waals surface area contributed by atoms with Gasteiger partial charge >= 0.3 is 11.8 Å². The molecule has 9 heteroatoms. The fraction of sp³-hybridized carbons (Fsp3) is 0.273. The molecule has 2 aromatic carbocycles. The minimum atomic E-state index is -0.520. The van der Waals surface area contributed by atoms with Crippen molar-refractivity contribution >= 4 is 11.8 Å². The molecule has 0 atom stereocenters. The molecule has 3 rings (SSSR count). The van der Waals surface area contributed by atoms with Gasteiger partial charge in [-0.1, -0.05) is 11.2 Å². The fourth-order valence-corrected chi connectivity index (χ4v) is 2.63. The highest BCUT2D eigenvalue weighted by molar-refractivity contribution is 5.89.